The van der Waals surface area contributed by atoms with E-state index < -0.39 is 0 Å². The third-order valence-electron chi connectivity index (χ3n) is 8.21. The number of piperazine rings is 1. The summed E-state index contributed by atoms with van der Waals surface area (Å²) in [5.41, 5.74) is 1.94. The summed E-state index contributed by atoms with van der Waals surface area (Å²) in [6.45, 7) is 7.93. The summed E-state index contributed by atoms with van der Waals surface area (Å²) in [6, 6.07) is 6.91. The predicted molar refractivity (Wildman–Crippen MR) is 146 cm³/mol. The lowest BCUT2D eigenvalue weighted by molar-refractivity contribution is 0.0290. The first-order chi connectivity index (χ1) is 18.6. The molecular formula is C27H37ClN6O4. The summed E-state index contributed by atoms with van der Waals surface area (Å²) >= 11 is 6.36. The Morgan fingerprint density at radius 1 is 1.05 bits per heavy atom. The Balaban J connectivity index is 1.09. The minimum absolute atomic E-state index is 0.0820. The normalized spacial score (nSPS) is 26.9. The molecule has 206 valence electrons. The van der Waals surface area contributed by atoms with Crippen LogP contribution in [-0.2, 0) is 9.47 Å². The van der Waals surface area contributed by atoms with Crippen LogP contribution in [0.2, 0.25) is 5.02 Å². The molecule has 0 spiro atoms. The lowest BCUT2D eigenvalue weighted by Crippen LogP contribution is -2.52. The van der Waals surface area contributed by atoms with Gasteiger partial charge in [-0.05, 0) is 38.4 Å². The molecule has 4 aliphatic heterocycles. The number of methoxy groups -OCH3 is 1. The van der Waals surface area contributed by atoms with E-state index in [4.69, 9.17) is 30.5 Å². The van der Waals surface area contributed by atoms with Gasteiger partial charge in [-0.25, -0.2) is 4.98 Å². The standard InChI is InChI=1S/C27H37ClN6O4/c1-32-10-12-34(13-11-32)18-5-8-33(9-6-18)19-3-4-21(23(15-19)35-2)30-27-29-16-20(28)26(31-27)38-24-17-37-22-7-14-36-25(22)24/h3-4,15-16,18,22,24-25H,5-14,17H2,1-2H3,(H,29,30,31). The number of likely N-dealkylation sites (N-methyl/N-ethyl adjacent to an activating group) is 1. The van der Waals surface area contributed by atoms with Crippen LogP contribution < -0.4 is 19.7 Å². The number of nitrogens with zero attached hydrogens (tertiary/aromatic N) is 5. The highest BCUT2D eigenvalue weighted by molar-refractivity contribution is 6.31. The van der Waals surface area contributed by atoms with E-state index in [9.17, 15) is 0 Å². The SMILES string of the molecule is COc1cc(N2CCC(N3CCN(C)CC3)CC2)ccc1Nc1ncc(Cl)c(OC2COC3CCOC32)n1. The fraction of sp³-hybridized carbons (Fsp3) is 0.630. The molecule has 4 fully saturated rings. The molecule has 1 aromatic carbocycles. The van der Waals surface area contributed by atoms with Crippen LogP contribution in [0, 0.1) is 0 Å². The highest BCUT2D eigenvalue weighted by atomic mass is 35.5. The number of hydrogen-bond donors (Lipinski definition) is 1. The van der Waals surface area contributed by atoms with Crippen LogP contribution in [0.4, 0.5) is 17.3 Å². The maximum Gasteiger partial charge on any atom is 0.237 e. The van der Waals surface area contributed by atoms with Gasteiger partial charge in [0.15, 0.2) is 6.10 Å². The number of piperidine rings is 1. The number of fused-ring (bicyclic) bond motifs is 1. The van der Waals surface area contributed by atoms with Crippen molar-refractivity contribution in [2.75, 3.05) is 76.9 Å². The molecule has 0 amide bonds. The molecule has 1 N–H and O–H groups in total. The molecule has 0 radical (unpaired) electrons. The highest BCUT2D eigenvalue weighted by Crippen LogP contribution is 2.35. The molecule has 10 nitrogen and oxygen atoms in total. The first-order valence-corrected chi connectivity index (χ1v) is 14.0. The van der Waals surface area contributed by atoms with Crippen molar-refractivity contribution in [1.29, 1.82) is 0 Å². The molecule has 1 aromatic heterocycles. The zero-order chi connectivity index (χ0) is 26.1. The van der Waals surface area contributed by atoms with Crippen LogP contribution in [0.1, 0.15) is 19.3 Å². The number of halogens is 1. The van der Waals surface area contributed by atoms with Crippen molar-refractivity contribution in [1.82, 2.24) is 19.8 Å². The first-order valence-electron chi connectivity index (χ1n) is 13.6. The zero-order valence-electron chi connectivity index (χ0n) is 22.1. The molecule has 0 saturated carbocycles. The lowest BCUT2D eigenvalue weighted by atomic mass is 10.0. The summed E-state index contributed by atoms with van der Waals surface area (Å²) < 4.78 is 23.4. The molecule has 11 heteroatoms. The largest absolute Gasteiger partial charge is 0.494 e. The third kappa shape index (κ3) is 5.51. The van der Waals surface area contributed by atoms with Gasteiger partial charge in [-0.1, -0.05) is 11.6 Å². The van der Waals surface area contributed by atoms with E-state index in [1.54, 1.807) is 13.3 Å². The maximum absolute atomic E-state index is 6.36. The van der Waals surface area contributed by atoms with Crippen LogP contribution in [0.5, 0.6) is 11.6 Å². The Morgan fingerprint density at radius 2 is 1.87 bits per heavy atom. The first kappa shape index (κ1) is 25.9. The fourth-order valence-corrected chi connectivity index (χ4v) is 6.08. The van der Waals surface area contributed by atoms with Gasteiger partial charge in [-0.3, -0.25) is 4.90 Å². The number of ether oxygens (including phenoxy) is 4. The minimum atomic E-state index is -0.239. The van der Waals surface area contributed by atoms with Crippen molar-refractivity contribution in [3.8, 4) is 11.6 Å². The molecule has 4 aliphatic rings. The van der Waals surface area contributed by atoms with E-state index in [-0.39, 0.29) is 18.3 Å². The molecule has 2 aromatic rings. The molecule has 0 aliphatic carbocycles. The number of benzene rings is 1. The van der Waals surface area contributed by atoms with Crippen LogP contribution in [0.15, 0.2) is 24.4 Å². The van der Waals surface area contributed by atoms with Gasteiger partial charge in [0, 0.05) is 63.7 Å². The Labute approximate surface area is 229 Å². The predicted octanol–water partition coefficient (Wildman–Crippen LogP) is 3.03. The van der Waals surface area contributed by atoms with Crippen molar-refractivity contribution in [2.45, 2.75) is 43.6 Å². The van der Waals surface area contributed by atoms with E-state index in [0.717, 1.165) is 36.6 Å². The smallest absolute Gasteiger partial charge is 0.237 e. The molecule has 0 bridgehead atoms. The van der Waals surface area contributed by atoms with Crippen molar-refractivity contribution in [2.24, 2.45) is 0 Å². The Hall–Kier alpha value is -2.37. The summed E-state index contributed by atoms with van der Waals surface area (Å²) in [5.74, 6) is 1.43. The van der Waals surface area contributed by atoms with Gasteiger partial charge >= 0.3 is 0 Å². The Morgan fingerprint density at radius 3 is 2.66 bits per heavy atom. The topological polar surface area (TPSA) is 84.5 Å². The van der Waals surface area contributed by atoms with Crippen molar-refractivity contribution >= 4 is 28.9 Å². The summed E-state index contributed by atoms with van der Waals surface area (Å²) in [4.78, 5) is 16.4. The van der Waals surface area contributed by atoms with Gasteiger partial charge in [0.25, 0.3) is 0 Å². The molecule has 3 atom stereocenters. The quantitative estimate of drug-likeness (QED) is 0.561. The molecule has 4 saturated heterocycles. The molecular weight excluding hydrogens is 508 g/mol. The monoisotopic (exact) mass is 544 g/mol. The number of hydrogen-bond acceptors (Lipinski definition) is 10. The van der Waals surface area contributed by atoms with Crippen LogP contribution in [0.25, 0.3) is 0 Å². The second-order valence-electron chi connectivity index (χ2n) is 10.6. The van der Waals surface area contributed by atoms with Crippen LogP contribution in [-0.4, -0.2) is 111 Å². The summed E-state index contributed by atoms with van der Waals surface area (Å²) in [5, 5.41) is 3.62. The number of rotatable bonds is 7. The van der Waals surface area contributed by atoms with Gasteiger partial charge in [-0.15, -0.1) is 0 Å². The minimum Gasteiger partial charge on any atom is -0.494 e. The van der Waals surface area contributed by atoms with Crippen molar-refractivity contribution in [3.05, 3.63) is 29.4 Å². The van der Waals surface area contributed by atoms with E-state index in [2.05, 4.69) is 49.2 Å². The molecule has 6 rings (SSSR count). The fourth-order valence-electron chi connectivity index (χ4n) is 5.95. The second-order valence-corrected chi connectivity index (χ2v) is 11.0. The van der Waals surface area contributed by atoms with E-state index >= 15 is 0 Å². The van der Waals surface area contributed by atoms with Gasteiger partial charge in [0.1, 0.15) is 16.9 Å². The molecule has 5 heterocycles. The Kier molecular flexibility index (Phi) is 7.76. The van der Waals surface area contributed by atoms with E-state index in [1.165, 1.54) is 39.0 Å². The maximum atomic E-state index is 6.36. The lowest BCUT2D eigenvalue weighted by Gasteiger charge is -2.42. The van der Waals surface area contributed by atoms with Crippen molar-refractivity contribution < 1.29 is 18.9 Å². The van der Waals surface area contributed by atoms with E-state index in [1.807, 2.05) is 6.07 Å². The average molecular weight is 545 g/mol. The third-order valence-corrected chi connectivity index (χ3v) is 8.47. The number of anilines is 3. The van der Waals surface area contributed by atoms with Gasteiger partial charge in [0.05, 0.1) is 31.7 Å². The van der Waals surface area contributed by atoms with Gasteiger partial charge in [-0.2, -0.15) is 4.98 Å². The Bertz CT molecular complexity index is 1110. The van der Waals surface area contributed by atoms with Crippen LogP contribution >= 0.6 is 11.6 Å². The van der Waals surface area contributed by atoms with Gasteiger partial charge < -0.3 is 34.1 Å². The van der Waals surface area contributed by atoms with E-state index in [0.29, 0.717) is 36.1 Å². The summed E-state index contributed by atoms with van der Waals surface area (Å²) in [7, 11) is 3.89. The molecule has 38 heavy (non-hydrogen) atoms. The number of aromatic nitrogens is 2. The zero-order valence-corrected chi connectivity index (χ0v) is 22.9. The van der Waals surface area contributed by atoms with Crippen molar-refractivity contribution in [3.63, 3.8) is 0 Å². The number of nitrogens with one attached hydrogen (secondary N) is 1. The summed E-state index contributed by atoms with van der Waals surface area (Å²) in [6.07, 6.45) is 4.56. The second kappa shape index (κ2) is 11.4. The highest BCUT2D eigenvalue weighted by Gasteiger charge is 2.43. The average Bonchev–Trinajstić information content (AvgIpc) is 3.56. The molecule has 3 unspecified atom stereocenters. The van der Waals surface area contributed by atoms with Crippen LogP contribution in [0.3, 0.4) is 0 Å². The van der Waals surface area contributed by atoms with Gasteiger partial charge in [0.2, 0.25) is 11.8 Å².